The van der Waals surface area contributed by atoms with Crippen LogP contribution in [0.25, 0.3) is 0 Å². The van der Waals surface area contributed by atoms with Crippen LogP contribution in [0.15, 0.2) is 24.3 Å². The van der Waals surface area contributed by atoms with E-state index in [9.17, 15) is 4.79 Å². The highest BCUT2D eigenvalue weighted by atomic mass is 16.6. The highest BCUT2D eigenvalue weighted by Gasteiger charge is 2.15. The van der Waals surface area contributed by atoms with E-state index < -0.39 is 5.60 Å². The third-order valence-corrected chi connectivity index (χ3v) is 5.30. The van der Waals surface area contributed by atoms with E-state index in [0.717, 1.165) is 18.4 Å². The fourth-order valence-electron chi connectivity index (χ4n) is 3.54. The lowest BCUT2D eigenvalue weighted by atomic mass is 10.0. The third kappa shape index (κ3) is 15.9. The summed E-state index contributed by atoms with van der Waals surface area (Å²) in [5.74, 6) is 6.26. The first-order chi connectivity index (χ1) is 15.3. The molecule has 0 amide bonds. The van der Waals surface area contributed by atoms with Crippen LogP contribution in [0.5, 0.6) is 0 Å². The Hall–Kier alpha value is -1.79. The minimum absolute atomic E-state index is 0.139. The molecule has 3 heteroatoms. The highest BCUT2D eigenvalue weighted by Crippen LogP contribution is 2.13. The molecule has 1 atom stereocenters. The van der Waals surface area contributed by atoms with Crippen LogP contribution in [0.2, 0.25) is 0 Å². The molecule has 0 aliphatic carbocycles. The Labute approximate surface area is 197 Å². The maximum Gasteiger partial charge on any atom is 0.306 e. The molecule has 180 valence electrons. The van der Waals surface area contributed by atoms with Gasteiger partial charge in [-0.1, -0.05) is 82.1 Å². The van der Waals surface area contributed by atoms with Crippen molar-refractivity contribution in [1.29, 1.82) is 0 Å². The van der Waals surface area contributed by atoms with E-state index in [1.165, 1.54) is 56.9 Å². The van der Waals surface area contributed by atoms with Crippen molar-refractivity contribution in [3.8, 4) is 11.8 Å². The molecule has 0 spiro atoms. The number of ether oxygens (including phenoxy) is 2. The number of aryl methyl sites for hydroxylation is 1. The third-order valence-electron chi connectivity index (χ3n) is 5.30. The van der Waals surface area contributed by atoms with Crippen molar-refractivity contribution in [2.75, 3.05) is 6.61 Å². The Morgan fingerprint density at radius 1 is 0.906 bits per heavy atom. The first kappa shape index (κ1) is 28.2. The predicted octanol–water partition coefficient (Wildman–Crippen LogP) is 7.44. The van der Waals surface area contributed by atoms with Gasteiger partial charge < -0.3 is 9.47 Å². The second-order valence-corrected chi connectivity index (χ2v) is 9.81. The van der Waals surface area contributed by atoms with Crippen LogP contribution in [-0.4, -0.2) is 24.3 Å². The normalized spacial score (nSPS) is 12.2. The Bertz CT molecular complexity index is 673. The van der Waals surface area contributed by atoms with Crippen LogP contribution >= 0.6 is 0 Å². The van der Waals surface area contributed by atoms with Gasteiger partial charge in [0.25, 0.3) is 0 Å². The van der Waals surface area contributed by atoms with Gasteiger partial charge >= 0.3 is 5.97 Å². The Morgan fingerprint density at radius 3 is 2.12 bits per heavy atom. The molecule has 0 saturated heterocycles. The van der Waals surface area contributed by atoms with E-state index in [0.29, 0.717) is 19.4 Å². The average molecular weight is 443 g/mol. The standard InChI is InChI=1S/C29H46O3/c1-6-7-8-9-10-11-12-13-14-15-16-23-31-25(2)24-27-19-17-26(18-20-27)21-22-28(30)32-29(3,4)5/h17-20,25H,6-14,21-24H2,1-5H3/t25-/m0/s1. The largest absolute Gasteiger partial charge is 0.460 e. The van der Waals surface area contributed by atoms with Gasteiger partial charge in [-0.3, -0.25) is 4.79 Å². The maximum absolute atomic E-state index is 11.9. The molecule has 0 aliphatic rings. The summed E-state index contributed by atoms with van der Waals surface area (Å²) in [7, 11) is 0. The Balaban J connectivity index is 2.14. The van der Waals surface area contributed by atoms with E-state index in [1.54, 1.807) is 0 Å². The van der Waals surface area contributed by atoms with Crippen molar-refractivity contribution in [3.05, 3.63) is 35.4 Å². The maximum atomic E-state index is 11.9. The van der Waals surface area contributed by atoms with Gasteiger partial charge in [0.15, 0.2) is 0 Å². The van der Waals surface area contributed by atoms with Crippen LogP contribution in [0, 0.1) is 11.8 Å². The molecule has 32 heavy (non-hydrogen) atoms. The lowest BCUT2D eigenvalue weighted by molar-refractivity contribution is -0.154. The van der Waals surface area contributed by atoms with Crippen molar-refractivity contribution in [3.63, 3.8) is 0 Å². The second kappa shape index (κ2) is 16.8. The monoisotopic (exact) mass is 442 g/mol. The van der Waals surface area contributed by atoms with E-state index >= 15 is 0 Å². The minimum atomic E-state index is -0.422. The number of rotatable bonds is 15. The van der Waals surface area contributed by atoms with Crippen LogP contribution in [0.1, 0.15) is 110 Å². The Morgan fingerprint density at radius 2 is 1.50 bits per heavy atom. The summed E-state index contributed by atoms with van der Waals surface area (Å²) in [6, 6.07) is 8.43. The number of hydrogen-bond acceptors (Lipinski definition) is 3. The molecular weight excluding hydrogens is 396 g/mol. The van der Waals surface area contributed by atoms with Gasteiger partial charge in [0, 0.05) is 12.8 Å². The fraction of sp³-hybridized carbons (Fsp3) is 0.690. The zero-order valence-electron chi connectivity index (χ0n) is 21.3. The molecule has 0 heterocycles. The van der Waals surface area contributed by atoms with Crippen molar-refractivity contribution in [2.45, 2.75) is 123 Å². The summed E-state index contributed by atoms with van der Waals surface area (Å²) in [6.07, 6.45) is 13.8. The minimum Gasteiger partial charge on any atom is -0.460 e. The molecular formula is C29H46O3. The lowest BCUT2D eigenvalue weighted by Crippen LogP contribution is -2.24. The van der Waals surface area contributed by atoms with E-state index in [2.05, 4.69) is 50.0 Å². The number of esters is 1. The molecule has 1 aromatic rings. The van der Waals surface area contributed by atoms with Crippen molar-refractivity contribution >= 4 is 5.97 Å². The number of carbonyl (C=O) groups is 1. The molecule has 0 radical (unpaired) electrons. The fourth-order valence-corrected chi connectivity index (χ4v) is 3.54. The topological polar surface area (TPSA) is 35.5 Å². The van der Waals surface area contributed by atoms with Crippen molar-refractivity contribution in [2.24, 2.45) is 0 Å². The zero-order chi connectivity index (χ0) is 23.7. The molecule has 0 fully saturated rings. The number of benzene rings is 1. The van der Waals surface area contributed by atoms with Gasteiger partial charge in [0.1, 0.15) is 12.2 Å². The molecule has 0 aliphatic heterocycles. The second-order valence-electron chi connectivity index (χ2n) is 9.81. The van der Waals surface area contributed by atoms with Gasteiger partial charge in [0.05, 0.1) is 6.10 Å². The number of unbranched alkanes of at least 4 members (excludes halogenated alkanes) is 8. The van der Waals surface area contributed by atoms with Crippen molar-refractivity contribution in [1.82, 2.24) is 0 Å². The summed E-state index contributed by atoms with van der Waals surface area (Å²) >= 11 is 0. The van der Waals surface area contributed by atoms with Crippen molar-refractivity contribution < 1.29 is 14.3 Å². The van der Waals surface area contributed by atoms with E-state index in [4.69, 9.17) is 9.47 Å². The quantitative estimate of drug-likeness (QED) is 0.161. The summed E-state index contributed by atoms with van der Waals surface area (Å²) in [5, 5.41) is 0. The number of carbonyl (C=O) groups excluding carboxylic acids is 1. The lowest BCUT2D eigenvalue weighted by Gasteiger charge is -2.19. The molecule has 0 N–H and O–H groups in total. The molecule has 0 saturated carbocycles. The molecule has 1 aromatic carbocycles. The molecule has 0 unspecified atom stereocenters. The van der Waals surface area contributed by atoms with Crippen LogP contribution < -0.4 is 0 Å². The number of hydrogen-bond donors (Lipinski definition) is 0. The SMILES string of the molecule is CCCCCCCCCCC#CCO[C@@H](C)Cc1ccc(CCC(=O)OC(C)(C)C)cc1. The van der Waals surface area contributed by atoms with Gasteiger partial charge in [-0.15, -0.1) is 5.92 Å². The summed E-state index contributed by atoms with van der Waals surface area (Å²) in [4.78, 5) is 11.9. The van der Waals surface area contributed by atoms with Crippen LogP contribution in [0.3, 0.4) is 0 Å². The highest BCUT2D eigenvalue weighted by molar-refractivity contribution is 5.70. The Kier molecular flexibility index (Phi) is 14.8. The summed E-state index contributed by atoms with van der Waals surface area (Å²) < 4.78 is 11.2. The van der Waals surface area contributed by atoms with Gasteiger partial charge in [-0.2, -0.15) is 0 Å². The zero-order valence-corrected chi connectivity index (χ0v) is 21.3. The molecule has 1 rings (SSSR count). The summed E-state index contributed by atoms with van der Waals surface area (Å²) in [6.45, 7) is 10.5. The predicted molar refractivity (Wildman–Crippen MR) is 135 cm³/mol. The van der Waals surface area contributed by atoms with Gasteiger partial charge in [-0.25, -0.2) is 0 Å². The summed E-state index contributed by atoms with van der Waals surface area (Å²) in [5.41, 5.74) is 1.97. The first-order valence-electron chi connectivity index (χ1n) is 12.7. The van der Waals surface area contributed by atoms with E-state index in [1.807, 2.05) is 20.8 Å². The van der Waals surface area contributed by atoms with Gasteiger partial charge in [-0.05, 0) is 58.1 Å². The van der Waals surface area contributed by atoms with Crippen LogP contribution in [0.4, 0.5) is 0 Å². The molecule has 3 nitrogen and oxygen atoms in total. The smallest absolute Gasteiger partial charge is 0.306 e. The molecule has 0 aromatic heterocycles. The average Bonchev–Trinajstić information content (AvgIpc) is 2.73. The molecule has 0 bridgehead atoms. The van der Waals surface area contributed by atoms with Crippen LogP contribution in [-0.2, 0) is 27.1 Å². The van der Waals surface area contributed by atoms with E-state index in [-0.39, 0.29) is 12.1 Å². The first-order valence-corrected chi connectivity index (χ1v) is 12.7. The van der Waals surface area contributed by atoms with Gasteiger partial charge in [0.2, 0.25) is 0 Å².